The molecular weight excluding hydrogens is 310 g/mol. The van der Waals surface area contributed by atoms with Gasteiger partial charge in [-0.05, 0) is 18.1 Å². The van der Waals surface area contributed by atoms with Gasteiger partial charge < -0.3 is 18.9 Å². The van der Waals surface area contributed by atoms with Gasteiger partial charge in [0.2, 0.25) is 12.5 Å². The number of hydrogen-bond donors (Lipinski definition) is 0. The molecule has 5 rings (SSSR count). The molecule has 0 spiro atoms. The molecule has 1 aromatic carbocycles. The van der Waals surface area contributed by atoms with Crippen LogP contribution in [0.3, 0.4) is 0 Å². The largest absolute Gasteiger partial charge is 0.501 e. The Morgan fingerprint density at radius 2 is 2.17 bits per heavy atom. The lowest BCUT2D eigenvalue weighted by atomic mass is 9.64. The SMILES string of the molecule is COC1=CC(=O)[C@@]23CCN(Cc4c2cc2c(c4OC)OCO2)[C@@H]3C1. The molecule has 6 heteroatoms. The van der Waals surface area contributed by atoms with Crippen molar-refractivity contribution in [2.75, 3.05) is 27.6 Å². The van der Waals surface area contributed by atoms with Crippen molar-refractivity contribution in [3.8, 4) is 17.2 Å². The molecule has 1 fully saturated rings. The molecule has 2 bridgehead atoms. The van der Waals surface area contributed by atoms with E-state index in [2.05, 4.69) is 4.90 Å². The Balaban J connectivity index is 1.77. The molecule has 1 aliphatic carbocycles. The van der Waals surface area contributed by atoms with Crippen molar-refractivity contribution in [1.82, 2.24) is 4.90 Å². The Morgan fingerprint density at radius 1 is 1.29 bits per heavy atom. The fraction of sp³-hybridized carbons (Fsp3) is 0.500. The van der Waals surface area contributed by atoms with E-state index in [1.54, 1.807) is 20.3 Å². The number of carbonyl (C=O) groups is 1. The molecule has 0 aromatic heterocycles. The minimum atomic E-state index is -0.524. The normalized spacial score (nSPS) is 32.1. The van der Waals surface area contributed by atoms with Crippen LogP contribution in [0.2, 0.25) is 0 Å². The molecule has 1 aromatic rings. The molecule has 1 unspecified atom stereocenters. The summed E-state index contributed by atoms with van der Waals surface area (Å²) in [6, 6.07) is 2.14. The summed E-state index contributed by atoms with van der Waals surface area (Å²) in [7, 11) is 3.27. The van der Waals surface area contributed by atoms with E-state index in [1.807, 2.05) is 6.07 Å². The summed E-state index contributed by atoms with van der Waals surface area (Å²) in [4.78, 5) is 15.5. The summed E-state index contributed by atoms with van der Waals surface area (Å²) in [5.41, 5.74) is 1.57. The first-order chi connectivity index (χ1) is 11.7. The molecule has 4 aliphatic rings. The van der Waals surface area contributed by atoms with Crippen molar-refractivity contribution in [3.05, 3.63) is 29.0 Å². The number of benzene rings is 1. The topological polar surface area (TPSA) is 57.2 Å². The molecule has 0 N–H and O–H groups in total. The van der Waals surface area contributed by atoms with Crippen molar-refractivity contribution < 1.29 is 23.7 Å². The number of methoxy groups -OCH3 is 2. The van der Waals surface area contributed by atoms with Gasteiger partial charge in [-0.15, -0.1) is 0 Å². The Bertz CT molecular complexity index is 786. The van der Waals surface area contributed by atoms with Gasteiger partial charge in [-0.25, -0.2) is 0 Å². The van der Waals surface area contributed by atoms with E-state index >= 15 is 0 Å². The molecule has 3 heterocycles. The zero-order valence-electron chi connectivity index (χ0n) is 13.8. The minimum absolute atomic E-state index is 0.125. The first-order valence-electron chi connectivity index (χ1n) is 8.22. The van der Waals surface area contributed by atoms with Crippen LogP contribution in [-0.2, 0) is 21.5 Å². The molecule has 3 atom stereocenters. The number of carbonyl (C=O) groups excluding carboxylic acids is 1. The number of hydrogen-bond acceptors (Lipinski definition) is 6. The van der Waals surface area contributed by atoms with E-state index in [0.29, 0.717) is 17.2 Å². The molecule has 0 radical (unpaired) electrons. The first kappa shape index (κ1) is 14.2. The molecule has 0 saturated carbocycles. The van der Waals surface area contributed by atoms with Crippen LogP contribution in [0.25, 0.3) is 0 Å². The molecule has 1 saturated heterocycles. The summed E-state index contributed by atoms with van der Waals surface area (Å²) < 4.78 is 22.2. The fourth-order valence-corrected chi connectivity index (χ4v) is 4.87. The maximum Gasteiger partial charge on any atom is 0.231 e. The van der Waals surface area contributed by atoms with Gasteiger partial charge in [-0.1, -0.05) is 0 Å². The predicted octanol–water partition coefficient (Wildman–Crippen LogP) is 1.75. The van der Waals surface area contributed by atoms with Gasteiger partial charge in [0.05, 0.1) is 19.6 Å². The Kier molecular flexibility index (Phi) is 2.75. The van der Waals surface area contributed by atoms with Crippen molar-refractivity contribution in [3.63, 3.8) is 0 Å². The lowest BCUT2D eigenvalue weighted by Crippen LogP contribution is -2.53. The van der Waals surface area contributed by atoms with Gasteiger partial charge in [0.15, 0.2) is 17.3 Å². The van der Waals surface area contributed by atoms with Gasteiger partial charge in [0.1, 0.15) is 5.76 Å². The molecule has 6 nitrogen and oxygen atoms in total. The maximum absolute atomic E-state index is 13.1. The van der Waals surface area contributed by atoms with Crippen LogP contribution in [0.1, 0.15) is 24.0 Å². The van der Waals surface area contributed by atoms with E-state index in [1.165, 1.54) is 0 Å². The highest BCUT2D eigenvalue weighted by atomic mass is 16.7. The Morgan fingerprint density at radius 3 is 2.96 bits per heavy atom. The zero-order chi connectivity index (χ0) is 16.5. The molecule has 0 amide bonds. The highest BCUT2D eigenvalue weighted by molar-refractivity contribution is 6.02. The number of allylic oxidation sites excluding steroid dienone is 1. The molecular formula is C18H19NO5. The highest BCUT2D eigenvalue weighted by Crippen LogP contribution is 2.57. The third kappa shape index (κ3) is 1.52. The van der Waals surface area contributed by atoms with Gasteiger partial charge in [-0.2, -0.15) is 0 Å². The second-order valence-corrected chi connectivity index (χ2v) is 6.76. The maximum atomic E-state index is 13.1. The van der Waals surface area contributed by atoms with Crippen LogP contribution in [0.4, 0.5) is 0 Å². The van der Waals surface area contributed by atoms with Crippen molar-refractivity contribution in [2.24, 2.45) is 0 Å². The Hall–Kier alpha value is -2.21. The molecule has 126 valence electrons. The van der Waals surface area contributed by atoms with Crippen LogP contribution in [0, 0.1) is 0 Å². The average molecular weight is 329 g/mol. The van der Waals surface area contributed by atoms with Crippen LogP contribution >= 0.6 is 0 Å². The van der Waals surface area contributed by atoms with E-state index in [9.17, 15) is 4.79 Å². The van der Waals surface area contributed by atoms with E-state index in [0.717, 1.165) is 42.8 Å². The predicted molar refractivity (Wildman–Crippen MR) is 84.3 cm³/mol. The lowest BCUT2D eigenvalue weighted by Gasteiger charge is -2.45. The summed E-state index contributed by atoms with van der Waals surface area (Å²) in [5, 5.41) is 0. The average Bonchev–Trinajstić information content (AvgIpc) is 3.16. The number of nitrogens with zero attached hydrogens (tertiary/aromatic N) is 1. The van der Waals surface area contributed by atoms with Crippen LogP contribution in [-0.4, -0.2) is 44.3 Å². The second-order valence-electron chi connectivity index (χ2n) is 6.76. The third-order valence-electron chi connectivity index (χ3n) is 5.96. The first-order valence-corrected chi connectivity index (χ1v) is 8.22. The molecule has 3 aliphatic heterocycles. The van der Waals surface area contributed by atoms with Crippen LogP contribution in [0.15, 0.2) is 17.9 Å². The van der Waals surface area contributed by atoms with Gasteiger partial charge >= 0.3 is 0 Å². The Labute approximate surface area is 139 Å². The monoisotopic (exact) mass is 329 g/mol. The fourth-order valence-electron chi connectivity index (χ4n) is 4.87. The van der Waals surface area contributed by atoms with Crippen molar-refractivity contribution in [2.45, 2.75) is 30.8 Å². The number of rotatable bonds is 2. The minimum Gasteiger partial charge on any atom is -0.501 e. The number of ketones is 1. The zero-order valence-corrected chi connectivity index (χ0v) is 13.8. The van der Waals surface area contributed by atoms with E-state index in [-0.39, 0.29) is 18.6 Å². The number of ether oxygens (including phenoxy) is 4. The highest BCUT2D eigenvalue weighted by Gasteiger charge is 2.59. The van der Waals surface area contributed by atoms with Crippen molar-refractivity contribution in [1.29, 1.82) is 0 Å². The summed E-state index contributed by atoms with van der Waals surface area (Å²) in [6.45, 7) is 1.84. The van der Waals surface area contributed by atoms with E-state index < -0.39 is 5.41 Å². The summed E-state index contributed by atoms with van der Waals surface area (Å²) in [5.74, 6) is 2.93. The second kappa shape index (κ2) is 4.66. The van der Waals surface area contributed by atoms with Gasteiger partial charge in [-0.3, -0.25) is 9.69 Å². The summed E-state index contributed by atoms with van der Waals surface area (Å²) in [6.07, 6.45) is 3.25. The number of fused-ring (bicyclic) bond motifs is 2. The summed E-state index contributed by atoms with van der Waals surface area (Å²) >= 11 is 0. The lowest BCUT2D eigenvalue weighted by molar-refractivity contribution is -0.122. The third-order valence-corrected chi connectivity index (χ3v) is 5.96. The van der Waals surface area contributed by atoms with Crippen LogP contribution in [0.5, 0.6) is 17.2 Å². The van der Waals surface area contributed by atoms with Gasteiger partial charge in [0, 0.05) is 37.2 Å². The van der Waals surface area contributed by atoms with Crippen molar-refractivity contribution >= 4 is 5.78 Å². The quantitative estimate of drug-likeness (QED) is 0.824. The molecule has 24 heavy (non-hydrogen) atoms. The standard InChI is InChI=1S/C18H19NO5/c1-21-10-5-14-18(15(20)6-10)3-4-19(14)8-11-12(18)7-13-17(16(11)22-2)24-9-23-13/h6-7,14H,3-5,8-9H2,1-2H3/t14-,18+/m1/s1. The van der Waals surface area contributed by atoms with Crippen LogP contribution < -0.4 is 14.2 Å². The smallest absolute Gasteiger partial charge is 0.231 e. The van der Waals surface area contributed by atoms with E-state index in [4.69, 9.17) is 18.9 Å². The van der Waals surface area contributed by atoms with Gasteiger partial charge in [0.25, 0.3) is 0 Å².